The van der Waals surface area contributed by atoms with Crippen LogP contribution in [0.15, 0.2) is 18.2 Å². The third kappa shape index (κ3) is 3.54. The van der Waals surface area contributed by atoms with Gasteiger partial charge in [-0.15, -0.1) is 5.10 Å². The topological polar surface area (TPSA) is 78.9 Å². The molecule has 0 bridgehead atoms. The van der Waals surface area contributed by atoms with E-state index in [1.807, 2.05) is 12.1 Å². The number of unbranched alkanes of at least 4 members (excludes halogenated alkanes) is 1. The van der Waals surface area contributed by atoms with E-state index in [4.69, 9.17) is 10.5 Å². The molecule has 1 aromatic carbocycles. The molecule has 20 heavy (non-hydrogen) atoms. The van der Waals surface area contributed by atoms with Gasteiger partial charge in [0.15, 0.2) is 5.82 Å². The quantitative estimate of drug-likeness (QED) is 0.777. The van der Waals surface area contributed by atoms with Gasteiger partial charge in [0.2, 0.25) is 0 Å². The molecule has 1 aromatic heterocycles. The summed E-state index contributed by atoms with van der Waals surface area (Å²) in [6.07, 6.45) is 1.94. The molecule has 0 unspecified atom stereocenters. The van der Waals surface area contributed by atoms with Crippen molar-refractivity contribution in [3.8, 4) is 5.75 Å². The second-order valence-corrected chi connectivity index (χ2v) is 4.80. The third-order valence-corrected chi connectivity index (χ3v) is 3.34. The highest BCUT2D eigenvalue weighted by atomic mass is 16.5. The van der Waals surface area contributed by atoms with Crippen LogP contribution in [0.25, 0.3) is 0 Å². The molecule has 6 heteroatoms. The molecule has 0 fully saturated rings. The molecule has 2 aromatic rings. The van der Waals surface area contributed by atoms with Crippen LogP contribution in [-0.4, -0.2) is 26.8 Å². The Morgan fingerprint density at radius 2 is 2.10 bits per heavy atom. The number of aromatic nitrogens is 4. The molecule has 0 saturated heterocycles. The van der Waals surface area contributed by atoms with Gasteiger partial charge in [-0.05, 0) is 60.9 Å². The minimum Gasteiger partial charge on any atom is -0.485 e. The Hall–Kier alpha value is -1.95. The van der Waals surface area contributed by atoms with E-state index in [9.17, 15) is 0 Å². The van der Waals surface area contributed by atoms with Gasteiger partial charge >= 0.3 is 0 Å². The van der Waals surface area contributed by atoms with Crippen LogP contribution in [0.1, 0.15) is 29.8 Å². The first-order valence-electron chi connectivity index (χ1n) is 6.86. The monoisotopic (exact) mass is 275 g/mol. The molecule has 0 atom stereocenters. The number of benzene rings is 1. The smallest absolute Gasteiger partial charge is 0.189 e. The van der Waals surface area contributed by atoms with E-state index in [1.165, 1.54) is 5.56 Å². The molecular formula is C14H21N5O. The van der Waals surface area contributed by atoms with Crippen LogP contribution in [0.4, 0.5) is 0 Å². The Balaban J connectivity index is 1.97. The highest BCUT2D eigenvalue weighted by Crippen LogP contribution is 2.21. The maximum absolute atomic E-state index is 5.82. The Labute approximate surface area is 118 Å². The Bertz CT molecular complexity index is 552. The van der Waals surface area contributed by atoms with Crippen molar-refractivity contribution in [2.24, 2.45) is 5.73 Å². The average Bonchev–Trinajstić information content (AvgIpc) is 2.88. The third-order valence-electron chi connectivity index (χ3n) is 3.34. The van der Waals surface area contributed by atoms with E-state index in [0.29, 0.717) is 13.2 Å². The molecule has 0 radical (unpaired) electrons. The van der Waals surface area contributed by atoms with Gasteiger partial charge < -0.3 is 10.5 Å². The first-order valence-corrected chi connectivity index (χ1v) is 6.86. The molecule has 6 nitrogen and oxygen atoms in total. The lowest BCUT2D eigenvalue weighted by molar-refractivity contribution is 0.283. The van der Waals surface area contributed by atoms with E-state index in [-0.39, 0.29) is 0 Å². The molecule has 0 aliphatic rings. The van der Waals surface area contributed by atoms with Crippen molar-refractivity contribution in [3.05, 3.63) is 35.2 Å². The predicted molar refractivity (Wildman–Crippen MR) is 76.4 cm³/mol. The molecule has 0 spiro atoms. The van der Waals surface area contributed by atoms with Crippen molar-refractivity contribution in [2.45, 2.75) is 39.8 Å². The van der Waals surface area contributed by atoms with Crippen LogP contribution in [0, 0.1) is 13.8 Å². The summed E-state index contributed by atoms with van der Waals surface area (Å²) in [5.74, 6) is 1.62. The molecule has 2 N–H and O–H groups in total. The minimum atomic E-state index is 0.375. The maximum Gasteiger partial charge on any atom is 0.189 e. The minimum absolute atomic E-state index is 0.375. The fourth-order valence-electron chi connectivity index (χ4n) is 1.93. The van der Waals surface area contributed by atoms with Gasteiger partial charge in [0.05, 0.1) is 0 Å². The highest BCUT2D eigenvalue weighted by Gasteiger charge is 2.08. The largest absolute Gasteiger partial charge is 0.485 e. The zero-order valence-corrected chi connectivity index (χ0v) is 12.0. The normalized spacial score (nSPS) is 10.8. The number of aryl methyl sites for hydroxylation is 2. The molecule has 0 amide bonds. The highest BCUT2D eigenvalue weighted by molar-refractivity contribution is 5.38. The Morgan fingerprint density at radius 3 is 2.90 bits per heavy atom. The van der Waals surface area contributed by atoms with Crippen molar-refractivity contribution in [1.82, 2.24) is 20.2 Å². The summed E-state index contributed by atoms with van der Waals surface area (Å²) in [4.78, 5) is 0. The maximum atomic E-state index is 5.82. The summed E-state index contributed by atoms with van der Waals surface area (Å²) in [6.45, 7) is 5.96. The van der Waals surface area contributed by atoms with E-state index in [2.05, 4.69) is 35.4 Å². The first-order chi connectivity index (χ1) is 9.72. The molecule has 2 rings (SSSR count). The molecule has 108 valence electrons. The van der Waals surface area contributed by atoms with Gasteiger partial charge in [0, 0.05) is 6.54 Å². The predicted octanol–water partition coefficient (Wildman–Crippen LogP) is 1.61. The Kier molecular flexibility index (Phi) is 5.06. The standard InChI is InChI=1S/C14H21N5O/c1-11-6-5-7-13(12(11)2)20-10-14-16-17-18-19(14)9-4-3-8-15/h5-7H,3-4,8-10,15H2,1-2H3. The van der Waals surface area contributed by atoms with E-state index in [0.717, 1.165) is 36.5 Å². The first kappa shape index (κ1) is 14.5. The summed E-state index contributed by atoms with van der Waals surface area (Å²) in [5, 5.41) is 11.7. The zero-order chi connectivity index (χ0) is 14.4. The lowest BCUT2D eigenvalue weighted by atomic mass is 10.1. The van der Waals surface area contributed by atoms with Gasteiger partial charge in [-0.3, -0.25) is 0 Å². The molecule has 0 aliphatic carbocycles. The summed E-state index contributed by atoms with van der Waals surface area (Å²) < 4.78 is 7.60. The van der Waals surface area contributed by atoms with Crippen LogP contribution < -0.4 is 10.5 Å². The van der Waals surface area contributed by atoms with Gasteiger partial charge in [0.1, 0.15) is 12.4 Å². The zero-order valence-electron chi connectivity index (χ0n) is 12.0. The van der Waals surface area contributed by atoms with E-state index in [1.54, 1.807) is 4.68 Å². The lowest BCUT2D eigenvalue weighted by Crippen LogP contribution is -2.10. The Morgan fingerprint density at radius 1 is 1.25 bits per heavy atom. The van der Waals surface area contributed by atoms with Crippen molar-refractivity contribution in [3.63, 3.8) is 0 Å². The number of tetrazole rings is 1. The van der Waals surface area contributed by atoms with Crippen molar-refractivity contribution in [1.29, 1.82) is 0 Å². The number of rotatable bonds is 7. The number of nitrogens with zero attached hydrogens (tertiary/aromatic N) is 4. The summed E-state index contributed by atoms with van der Waals surface area (Å²) in [7, 11) is 0. The SMILES string of the molecule is Cc1cccc(OCc2nnnn2CCCCN)c1C. The average molecular weight is 275 g/mol. The van der Waals surface area contributed by atoms with Gasteiger partial charge in [-0.25, -0.2) is 4.68 Å². The number of hydrogen-bond donors (Lipinski definition) is 1. The van der Waals surface area contributed by atoms with Gasteiger partial charge in [-0.2, -0.15) is 0 Å². The summed E-state index contributed by atoms with van der Waals surface area (Å²) in [6, 6.07) is 6.02. The van der Waals surface area contributed by atoms with Crippen LogP contribution in [-0.2, 0) is 13.2 Å². The molecule has 1 heterocycles. The fourth-order valence-corrected chi connectivity index (χ4v) is 1.93. The summed E-state index contributed by atoms with van der Waals surface area (Å²) >= 11 is 0. The van der Waals surface area contributed by atoms with Crippen LogP contribution >= 0.6 is 0 Å². The van der Waals surface area contributed by atoms with Crippen molar-refractivity contribution < 1.29 is 4.74 Å². The molecule has 0 saturated carbocycles. The lowest BCUT2D eigenvalue weighted by Gasteiger charge is -2.10. The fraction of sp³-hybridized carbons (Fsp3) is 0.500. The molecule has 0 aliphatic heterocycles. The second kappa shape index (κ2) is 7.00. The van der Waals surface area contributed by atoms with Gasteiger partial charge in [0.25, 0.3) is 0 Å². The van der Waals surface area contributed by atoms with Crippen LogP contribution in [0.5, 0.6) is 5.75 Å². The van der Waals surface area contributed by atoms with Crippen molar-refractivity contribution >= 4 is 0 Å². The number of ether oxygens (including phenoxy) is 1. The van der Waals surface area contributed by atoms with E-state index >= 15 is 0 Å². The van der Waals surface area contributed by atoms with Crippen LogP contribution in [0.2, 0.25) is 0 Å². The number of hydrogen-bond acceptors (Lipinski definition) is 5. The van der Waals surface area contributed by atoms with Crippen LogP contribution in [0.3, 0.4) is 0 Å². The number of nitrogens with two attached hydrogens (primary N) is 1. The molecular weight excluding hydrogens is 254 g/mol. The summed E-state index contributed by atoms with van der Waals surface area (Å²) in [5.41, 5.74) is 7.85. The van der Waals surface area contributed by atoms with Crippen molar-refractivity contribution in [2.75, 3.05) is 6.54 Å². The van der Waals surface area contributed by atoms with E-state index < -0.39 is 0 Å². The second-order valence-electron chi connectivity index (χ2n) is 4.80. The van der Waals surface area contributed by atoms with Gasteiger partial charge in [-0.1, -0.05) is 12.1 Å².